The summed E-state index contributed by atoms with van der Waals surface area (Å²) in [7, 11) is 3.26. The molecule has 0 radical (unpaired) electrons. The molecule has 36 heavy (non-hydrogen) atoms. The van der Waals surface area contributed by atoms with E-state index in [-0.39, 0.29) is 11.9 Å². The second-order valence-electron chi connectivity index (χ2n) is 9.12. The number of carbonyl (C=O) groups excluding carboxylic acids is 1. The lowest BCUT2D eigenvalue weighted by molar-refractivity contribution is -0.121. The van der Waals surface area contributed by atoms with Crippen LogP contribution in [0.15, 0.2) is 54.6 Å². The van der Waals surface area contributed by atoms with Crippen LogP contribution in [0.2, 0.25) is 0 Å². The molecule has 1 atom stereocenters. The Balaban J connectivity index is 1.45. The van der Waals surface area contributed by atoms with Gasteiger partial charge in [0.15, 0.2) is 5.65 Å². The Morgan fingerprint density at radius 1 is 1.03 bits per heavy atom. The summed E-state index contributed by atoms with van der Waals surface area (Å²) in [5.74, 6) is 1.46. The number of aryl methyl sites for hydroxylation is 3. The highest BCUT2D eigenvalue weighted by Crippen LogP contribution is 2.33. The fraction of sp³-hybridized carbons (Fsp3) is 0.345. The van der Waals surface area contributed by atoms with Gasteiger partial charge in [-0.25, -0.2) is 9.50 Å². The summed E-state index contributed by atoms with van der Waals surface area (Å²) >= 11 is 0. The lowest BCUT2D eigenvalue weighted by Crippen LogP contribution is -2.33. The van der Waals surface area contributed by atoms with Crippen LogP contribution >= 0.6 is 0 Å². The lowest BCUT2D eigenvalue weighted by Gasteiger charge is -2.15. The summed E-state index contributed by atoms with van der Waals surface area (Å²) in [6, 6.07) is 18.1. The lowest BCUT2D eigenvalue weighted by atomic mass is 10.0. The van der Waals surface area contributed by atoms with Crippen molar-refractivity contribution < 1.29 is 14.3 Å². The number of nitrogens with zero attached hydrogens (tertiary/aromatic N) is 3. The van der Waals surface area contributed by atoms with Crippen molar-refractivity contribution in [3.05, 3.63) is 77.1 Å². The molecule has 7 nitrogen and oxygen atoms in total. The van der Waals surface area contributed by atoms with Gasteiger partial charge in [-0.1, -0.05) is 30.3 Å². The quantitative estimate of drug-likeness (QED) is 0.337. The molecule has 0 spiro atoms. The molecule has 2 aromatic carbocycles. The zero-order valence-corrected chi connectivity index (χ0v) is 21.7. The summed E-state index contributed by atoms with van der Waals surface area (Å²) in [6.45, 7) is 6.08. The Labute approximate surface area is 212 Å². The first-order chi connectivity index (χ1) is 17.4. The van der Waals surface area contributed by atoms with Gasteiger partial charge in [0, 0.05) is 41.5 Å². The molecular weight excluding hydrogens is 452 g/mol. The summed E-state index contributed by atoms with van der Waals surface area (Å²) < 4.78 is 12.7. The maximum absolute atomic E-state index is 12.7. The number of aromatic nitrogens is 3. The van der Waals surface area contributed by atoms with E-state index in [1.54, 1.807) is 14.2 Å². The first-order valence-corrected chi connectivity index (χ1v) is 12.3. The van der Waals surface area contributed by atoms with Gasteiger partial charge in [-0.15, -0.1) is 0 Å². The zero-order chi connectivity index (χ0) is 25.7. The van der Waals surface area contributed by atoms with Gasteiger partial charge < -0.3 is 14.8 Å². The van der Waals surface area contributed by atoms with Gasteiger partial charge in [0.1, 0.15) is 11.5 Å². The molecule has 7 heteroatoms. The Hall–Kier alpha value is -3.87. The minimum Gasteiger partial charge on any atom is -0.497 e. The van der Waals surface area contributed by atoms with E-state index in [2.05, 4.69) is 24.4 Å². The summed E-state index contributed by atoms with van der Waals surface area (Å²) in [5, 5.41) is 7.95. The number of benzene rings is 2. The molecule has 0 fully saturated rings. The number of hydrogen-bond donors (Lipinski definition) is 1. The van der Waals surface area contributed by atoms with Crippen molar-refractivity contribution in [2.45, 2.75) is 52.5 Å². The van der Waals surface area contributed by atoms with Crippen LogP contribution in [0.25, 0.3) is 16.9 Å². The van der Waals surface area contributed by atoms with Crippen LogP contribution in [0.1, 0.15) is 42.3 Å². The monoisotopic (exact) mass is 486 g/mol. The third kappa shape index (κ3) is 5.67. The standard InChI is InChI=1S/C29H34N4O3/c1-19(11-12-22-9-7-6-8-10-22)30-29(34)16-15-24-20(2)31-28-18-26(32-33(28)21(24)3)25-14-13-23(35-4)17-27(25)36-5/h6-10,13-14,17-19H,11-12,15-16H2,1-5H3,(H,30,34). The number of carbonyl (C=O) groups is 1. The van der Waals surface area contributed by atoms with E-state index in [0.29, 0.717) is 18.6 Å². The molecule has 0 aliphatic carbocycles. The second-order valence-corrected chi connectivity index (χ2v) is 9.12. The van der Waals surface area contributed by atoms with Gasteiger partial charge in [-0.3, -0.25) is 4.79 Å². The molecule has 2 aromatic heterocycles. The third-order valence-electron chi connectivity index (χ3n) is 6.57. The fourth-order valence-corrected chi connectivity index (χ4v) is 4.52. The average Bonchev–Trinajstić information content (AvgIpc) is 3.31. The van der Waals surface area contributed by atoms with Crippen molar-refractivity contribution in [3.63, 3.8) is 0 Å². The van der Waals surface area contributed by atoms with Crippen LogP contribution in [-0.4, -0.2) is 40.8 Å². The third-order valence-corrected chi connectivity index (χ3v) is 6.57. The molecule has 4 aromatic rings. The van der Waals surface area contributed by atoms with Crippen LogP contribution in [0.3, 0.4) is 0 Å². The van der Waals surface area contributed by atoms with Gasteiger partial charge in [0.25, 0.3) is 0 Å². The predicted octanol–water partition coefficient (Wildman–Crippen LogP) is 5.10. The normalized spacial score (nSPS) is 11.9. The first-order valence-electron chi connectivity index (χ1n) is 12.3. The van der Waals surface area contributed by atoms with Crippen LogP contribution < -0.4 is 14.8 Å². The Bertz CT molecular complexity index is 1350. The van der Waals surface area contributed by atoms with Gasteiger partial charge in [-0.2, -0.15) is 5.10 Å². The maximum Gasteiger partial charge on any atom is 0.220 e. The first kappa shape index (κ1) is 25.2. The van der Waals surface area contributed by atoms with Gasteiger partial charge >= 0.3 is 0 Å². The van der Waals surface area contributed by atoms with Crippen molar-refractivity contribution in [1.82, 2.24) is 19.9 Å². The summed E-state index contributed by atoms with van der Waals surface area (Å²) in [5.41, 5.74) is 6.64. The molecular formula is C29H34N4O3. The Morgan fingerprint density at radius 2 is 1.81 bits per heavy atom. The number of nitrogens with one attached hydrogen (secondary N) is 1. The number of fused-ring (bicyclic) bond motifs is 1. The van der Waals surface area contributed by atoms with Crippen LogP contribution in [-0.2, 0) is 17.6 Å². The van der Waals surface area contributed by atoms with E-state index >= 15 is 0 Å². The minimum absolute atomic E-state index is 0.0542. The molecule has 0 bridgehead atoms. The second kappa shape index (κ2) is 11.2. The van der Waals surface area contributed by atoms with Crippen LogP contribution in [0.4, 0.5) is 0 Å². The molecule has 0 saturated heterocycles. The largest absolute Gasteiger partial charge is 0.497 e. The van der Waals surface area contributed by atoms with E-state index < -0.39 is 0 Å². The summed E-state index contributed by atoms with van der Waals surface area (Å²) in [6.07, 6.45) is 2.87. The van der Waals surface area contributed by atoms with E-state index in [1.807, 2.05) is 60.8 Å². The smallest absolute Gasteiger partial charge is 0.220 e. The molecule has 0 aliphatic heterocycles. The predicted molar refractivity (Wildman–Crippen MR) is 142 cm³/mol. The SMILES string of the molecule is COc1ccc(-c2cc3nc(C)c(CCC(=O)NC(C)CCc4ccccc4)c(C)n3n2)c(OC)c1. The minimum atomic E-state index is 0.0542. The zero-order valence-electron chi connectivity index (χ0n) is 21.7. The van der Waals surface area contributed by atoms with E-state index in [0.717, 1.165) is 52.4 Å². The Morgan fingerprint density at radius 3 is 2.53 bits per heavy atom. The molecule has 0 aliphatic rings. The Kier molecular flexibility index (Phi) is 7.88. The highest BCUT2D eigenvalue weighted by atomic mass is 16.5. The van der Waals surface area contributed by atoms with Crippen molar-refractivity contribution in [2.75, 3.05) is 14.2 Å². The van der Waals surface area contributed by atoms with E-state index in [9.17, 15) is 4.79 Å². The molecule has 0 saturated carbocycles. The molecule has 2 heterocycles. The van der Waals surface area contributed by atoms with Gasteiger partial charge in [-0.05, 0) is 63.3 Å². The van der Waals surface area contributed by atoms with Crippen LogP contribution in [0.5, 0.6) is 11.5 Å². The number of methoxy groups -OCH3 is 2. The van der Waals surface area contributed by atoms with Gasteiger partial charge in [0.2, 0.25) is 5.91 Å². The molecule has 188 valence electrons. The van der Waals surface area contributed by atoms with Gasteiger partial charge in [0.05, 0.1) is 19.9 Å². The van der Waals surface area contributed by atoms with Crippen LogP contribution in [0, 0.1) is 13.8 Å². The number of rotatable bonds is 10. The van der Waals surface area contributed by atoms with Crippen molar-refractivity contribution in [1.29, 1.82) is 0 Å². The van der Waals surface area contributed by atoms with Crippen molar-refractivity contribution in [3.8, 4) is 22.8 Å². The molecule has 1 unspecified atom stereocenters. The van der Waals surface area contributed by atoms with E-state index in [4.69, 9.17) is 19.6 Å². The maximum atomic E-state index is 12.7. The molecule has 4 rings (SSSR count). The average molecular weight is 487 g/mol. The van der Waals surface area contributed by atoms with E-state index in [1.165, 1.54) is 5.56 Å². The molecule has 1 N–H and O–H groups in total. The number of ether oxygens (including phenoxy) is 2. The highest BCUT2D eigenvalue weighted by Gasteiger charge is 2.17. The van der Waals surface area contributed by atoms with Crippen molar-refractivity contribution >= 4 is 11.6 Å². The summed E-state index contributed by atoms with van der Waals surface area (Å²) in [4.78, 5) is 17.4. The number of hydrogen-bond acceptors (Lipinski definition) is 5. The highest BCUT2D eigenvalue weighted by molar-refractivity contribution is 5.76. The fourth-order valence-electron chi connectivity index (χ4n) is 4.52. The topological polar surface area (TPSA) is 77.8 Å². The molecule has 1 amide bonds. The van der Waals surface area contributed by atoms with Crippen molar-refractivity contribution in [2.24, 2.45) is 0 Å². The number of amides is 1.